The van der Waals surface area contributed by atoms with E-state index in [0.29, 0.717) is 49.1 Å². The molecule has 2 aliphatic heterocycles. The number of benzene rings is 2. The van der Waals surface area contributed by atoms with E-state index in [4.69, 9.17) is 21.1 Å². The molecule has 4 rings (SSSR count). The van der Waals surface area contributed by atoms with Gasteiger partial charge in [0.25, 0.3) is 11.7 Å². The topological polar surface area (TPSA) is 79.3 Å². The zero-order chi connectivity index (χ0) is 24.8. The molecule has 1 atom stereocenters. The van der Waals surface area contributed by atoms with E-state index in [2.05, 4.69) is 4.90 Å². The molecule has 0 saturated carbocycles. The van der Waals surface area contributed by atoms with Crippen LogP contribution in [0, 0.1) is 0 Å². The maximum Gasteiger partial charge on any atom is 0.295 e. The van der Waals surface area contributed by atoms with Gasteiger partial charge in [-0.3, -0.25) is 14.5 Å². The van der Waals surface area contributed by atoms with Crippen molar-refractivity contribution in [3.05, 3.63) is 70.3 Å². The maximum atomic E-state index is 13.2. The molecule has 7 nitrogen and oxygen atoms in total. The van der Waals surface area contributed by atoms with Gasteiger partial charge in [-0.05, 0) is 54.8 Å². The number of ketones is 1. The molecule has 186 valence electrons. The summed E-state index contributed by atoms with van der Waals surface area (Å²) in [5.41, 5.74) is 1.27. The Kier molecular flexibility index (Phi) is 8.44. The molecule has 2 saturated heterocycles. The largest absolute Gasteiger partial charge is 0.507 e. The zero-order valence-corrected chi connectivity index (χ0v) is 20.7. The number of carbonyl (C=O) groups is 2. The molecule has 35 heavy (non-hydrogen) atoms. The average Bonchev–Trinajstić information content (AvgIpc) is 3.13. The third kappa shape index (κ3) is 5.86. The number of nitrogens with zero attached hydrogens (tertiary/aromatic N) is 2. The number of ether oxygens (including phenoxy) is 2. The van der Waals surface area contributed by atoms with Crippen molar-refractivity contribution in [3.8, 4) is 5.75 Å². The minimum atomic E-state index is -0.687. The molecular weight excluding hydrogens is 468 g/mol. The van der Waals surface area contributed by atoms with E-state index in [0.717, 1.165) is 31.6 Å². The number of aliphatic hydroxyl groups excluding tert-OH is 1. The number of halogens is 1. The molecule has 0 aliphatic carbocycles. The molecule has 0 bridgehead atoms. The minimum Gasteiger partial charge on any atom is -0.507 e. The molecule has 0 unspecified atom stereocenters. The van der Waals surface area contributed by atoms with Gasteiger partial charge in [-0.25, -0.2) is 0 Å². The van der Waals surface area contributed by atoms with Gasteiger partial charge >= 0.3 is 0 Å². The van der Waals surface area contributed by atoms with Gasteiger partial charge in [-0.1, -0.05) is 30.7 Å². The normalized spacial score (nSPS) is 20.4. The Bertz CT molecular complexity index is 1060. The van der Waals surface area contributed by atoms with E-state index < -0.39 is 17.7 Å². The van der Waals surface area contributed by atoms with Crippen LogP contribution >= 0.6 is 11.6 Å². The van der Waals surface area contributed by atoms with Crippen molar-refractivity contribution in [1.29, 1.82) is 0 Å². The van der Waals surface area contributed by atoms with Gasteiger partial charge in [-0.15, -0.1) is 0 Å². The molecule has 2 fully saturated rings. The molecule has 1 N–H and O–H groups in total. The summed E-state index contributed by atoms with van der Waals surface area (Å²) in [6.45, 7) is 6.95. The van der Waals surface area contributed by atoms with Crippen molar-refractivity contribution in [3.63, 3.8) is 0 Å². The smallest absolute Gasteiger partial charge is 0.295 e. The summed E-state index contributed by atoms with van der Waals surface area (Å²) < 4.78 is 11.0. The lowest BCUT2D eigenvalue weighted by Crippen LogP contribution is -2.38. The number of likely N-dealkylation sites (tertiary alicyclic amines) is 1. The first-order valence-electron chi connectivity index (χ1n) is 12.1. The second kappa shape index (κ2) is 11.7. The quantitative estimate of drug-likeness (QED) is 0.316. The number of carbonyl (C=O) groups excluding carboxylic acids is 2. The van der Waals surface area contributed by atoms with E-state index in [1.807, 2.05) is 6.92 Å². The second-order valence-electron chi connectivity index (χ2n) is 8.72. The van der Waals surface area contributed by atoms with Gasteiger partial charge in [0.1, 0.15) is 11.5 Å². The Morgan fingerprint density at radius 3 is 2.40 bits per heavy atom. The number of morpholine rings is 1. The molecule has 1 amide bonds. The first kappa shape index (κ1) is 25.2. The highest BCUT2D eigenvalue weighted by Gasteiger charge is 2.45. The molecule has 2 aromatic rings. The fourth-order valence-electron chi connectivity index (χ4n) is 4.48. The highest BCUT2D eigenvalue weighted by atomic mass is 35.5. The van der Waals surface area contributed by atoms with E-state index >= 15 is 0 Å². The third-order valence-electron chi connectivity index (χ3n) is 6.30. The summed E-state index contributed by atoms with van der Waals surface area (Å²) in [6.07, 6.45) is 1.60. The fraction of sp³-hybridized carbons (Fsp3) is 0.407. The van der Waals surface area contributed by atoms with Gasteiger partial charge in [0.05, 0.1) is 31.4 Å². The summed E-state index contributed by atoms with van der Waals surface area (Å²) in [7, 11) is 0. The molecule has 0 radical (unpaired) electrons. The number of amides is 1. The first-order valence-corrected chi connectivity index (χ1v) is 12.4. The van der Waals surface area contributed by atoms with Gasteiger partial charge < -0.3 is 19.5 Å². The maximum absolute atomic E-state index is 13.2. The number of Topliss-reactive ketones (excluding diaryl/α,β-unsaturated/α-hetero) is 1. The summed E-state index contributed by atoms with van der Waals surface area (Å²) in [6, 6.07) is 13.3. The van der Waals surface area contributed by atoms with Crippen LogP contribution in [-0.4, -0.2) is 72.6 Å². The average molecular weight is 499 g/mol. The molecular formula is C27H31ClN2O5. The Hall–Kier alpha value is -2.87. The Balaban J connectivity index is 1.63. The fourth-order valence-corrected chi connectivity index (χ4v) is 4.60. The van der Waals surface area contributed by atoms with Crippen LogP contribution < -0.4 is 4.74 Å². The van der Waals surface area contributed by atoms with Crippen LogP contribution in [0.15, 0.2) is 54.1 Å². The molecule has 2 heterocycles. The number of rotatable bonds is 9. The first-order chi connectivity index (χ1) is 17.0. The van der Waals surface area contributed by atoms with E-state index in [9.17, 15) is 14.7 Å². The SMILES string of the molecule is CCCOc1ccc(/C(O)=C2\C(=O)C(=O)N(CCCN3CCOCC3)[C@H]2c2ccc(Cl)cc2)cc1. The highest BCUT2D eigenvalue weighted by molar-refractivity contribution is 6.46. The molecule has 8 heteroatoms. The van der Waals surface area contributed by atoms with Crippen molar-refractivity contribution < 1.29 is 24.2 Å². The van der Waals surface area contributed by atoms with Crippen molar-refractivity contribution >= 4 is 29.1 Å². The van der Waals surface area contributed by atoms with Crippen molar-refractivity contribution in [2.45, 2.75) is 25.8 Å². The predicted octanol–water partition coefficient (Wildman–Crippen LogP) is 4.27. The van der Waals surface area contributed by atoms with Crippen LogP contribution in [-0.2, 0) is 14.3 Å². The number of hydrogen-bond donors (Lipinski definition) is 1. The number of hydrogen-bond acceptors (Lipinski definition) is 6. The van der Waals surface area contributed by atoms with Gasteiger partial charge in [0.2, 0.25) is 0 Å². The lowest BCUT2D eigenvalue weighted by molar-refractivity contribution is -0.140. The molecule has 2 aliphatic rings. The van der Waals surface area contributed by atoms with Crippen LogP contribution in [0.3, 0.4) is 0 Å². The summed E-state index contributed by atoms with van der Waals surface area (Å²) >= 11 is 6.09. The highest BCUT2D eigenvalue weighted by Crippen LogP contribution is 2.40. The summed E-state index contributed by atoms with van der Waals surface area (Å²) in [5.74, 6) is -0.793. The Labute approximate surface area is 210 Å². The standard InChI is InChI=1S/C27H31ClN2O5/c1-2-16-35-22-10-6-20(7-11-22)25(31)23-24(19-4-8-21(28)9-5-19)30(27(33)26(23)32)13-3-12-29-14-17-34-18-15-29/h4-11,24,31H,2-3,12-18H2,1H3/b25-23+/t24-/m0/s1. The minimum absolute atomic E-state index is 0.0888. The van der Waals surface area contributed by atoms with E-state index in [1.54, 1.807) is 53.4 Å². The van der Waals surface area contributed by atoms with Crippen LogP contribution in [0.1, 0.15) is 36.9 Å². The predicted molar refractivity (Wildman–Crippen MR) is 135 cm³/mol. The lowest BCUT2D eigenvalue weighted by atomic mass is 9.95. The molecule has 2 aromatic carbocycles. The van der Waals surface area contributed by atoms with Crippen LogP contribution in [0.2, 0.25) is 5.02 Å². The Morgan fingerprint density at radius 2 is 1.74 bits per heavy atom. The van der Waals surface area contributed by atoms with Crippen molar-refractivity contribution in [1.82, 2.24) is 9.80 Å². The van der Waals surface area contributed by atoms with Crippen LogP contribution in [0.25, 0.3) is 5.76 Å². The van der Waals surface area contributed by atoms with Crippen LogP contribution in [0.4, 0.5) is 0 Å². The Morgan fingerprint density at radius 1 is 1.06 bits per heavy atom. The van der Waals surface area contributed by atoms with Gasteiger partial charge in [0.15, 0.2) is 0 Å². The van der Waals surface area contributed by atoms with Gasteiger partial charge in [0, 0.05) is 36.8 Å². The second-order valence-corrected chi connectivity index (χ2v) is 9.16. The number of aliphatic hydroxyl groups is 1. The van der Waals surface area contributed by atoms with Crippen LogP contribution in [0.5, 0.6) is 5.75 Å². The van der Waals surface area contributed by atoms with Crippen molar-refractivity contribution in [2.75, 3.05) is 46.0 Å². The molecule has 0 aromatic heterocycles. The summed E-state index contributed by atoms with van der Waals surface area (Å²) in [4.78, 5) is 30.1. The zero-order valence-electron chi connectivity index (χ0n) is 19.9. The van der Waals surface area contributed by atoms with E-state index in [-0.39, 0.29) is 11.3 Å². The monoisotopic (exact) mass is 498 g/mol. The van der Waals surface area contributed by atoms with E-state index in [1.165, 1.54) is 0 Å². The van der Waals surface area contributed by atoms with Gasteiger partial charge in [-0.2, -0.15) is 0 Å². The molecule has 0 spiro atoms. The summed E-state index contributed by atoms with van der Waals surface area (Å²) in [5, 5.41) is 11.8. The lowest BCUT2D eigenvalue weighted by Gasteiger charge is -2.29. The third-order valence-corrected chi connectivity index (χ3v) is 6.56. The van der Waals surface area contributed by atoms with Crippen molar-refractivity contribution in [2.24, 2.45) is 0 Å².